The van der Waals surface area contributed by atoms with E-state index in [1.165, 1.54) is 0 Å². The molecule has 3 aliphatic rings. The molecule has 2 aliphatic carbocycles. The minimum absolute atomic E-state index is 0.205. The van der Waals surface area contributed by atoms with E-state index < -0.39 is 27.7 Å². The van der Waals surface area contributed by atoms with Gasteiger partial charge in [-0.05, 0) is 73.1 Å². The third-order valence-corrected chi connectivity index (χ3v) is 15.6. The summed E-state index contributed by atoms with van der Waals surface area (Å²) in [5.74, 6) is -0.703. The Hall–Kier alpha value is -5.90. The largest absolute Gasteiger partial charge is 0.466 e. The molecule has 1 heterocycles. The highest BCUT2D eigenvalue weighted by Gasteiger charge is 2.48. The Bertz CT molecular complexity index is 3170. The molecule has 0 saturated heterocycles. The van der Waals surface area contributed by atoms with E-state index in [1.54, 1.807) is 0 Å². The summed E-state index contributed by atoms with van der Waals surface area (Å²) in [6.07, 6.45) is 4.77. The van der Waals surface area contributed by atoms with E-state index in [4.69, 9.17) is 13.6 Å². The standard InChI is InChI=1S/C52H38O5P2/c53-51-33-31-37-17-9-13-25-43(37)49(51)47-41-23-11-7-15-35(41)27-29-45(47)55-59(57-51)56-46-30-28-36-16-8-12-24-42(36)48(46)50-44-26-14-10-18-38(44)32-34-52(50,54)58(39-19-3-1-4-20-39)40-21-5-2-6-22-40/h1-32,53-54H,33-34H2/t51-,52+,59?/m0/s1. The van der Waals surface area contributed by atoms with E-state index in [-0.39, 0.29) is 6.42 Å². The normalized spacial score (nSPS) is 20.6. The highest BCUT2D eigenvalue weighted by atomic mass is 31.2. The summed E-state index contributed by atoms with van der Waals surface area (Å²) in [5.41, 5.74) is 2.99. The van der Waals surface area contributed by atoms with Gasteiger partial charge in [0.25, 0.3) is 0 Å². The third-order valence-electron chi connectivity index (χ3n) is 11.7. The summed E-state index contributed by atoms with van der Waals surface area (Å²) in [5, 5.41) is 35.2. The smallest absolute Gasteiger partial charge is 0.417 e. The van der Waals surface area contributed by atoms with Crippen molar-refractivity contribution in [2.45, 2.75) is 24.0 Å². The molecule has 2 N–H and O–H groups in total. The van der Waals surface area contributed by atoms with E-state index in [0.717, 1.165) is 69.7 Å². The number of hydrogen-bond donors (Lipinski definition) is 2. The fraction of sp³-hybridized carbons (Fsp3) is 0.0769. The average molecular weight is 805 g/mol. The van der Waals surface area contributed by atoms with Crippen LogP contribution in [0.1, 0.15) is 24.0 Å². The Morgan fingerprint density at radius 1 is 0.508 bits per heavy atom. The zero-order valence-corrected chi connectivity index (χ0v) is 33.7. The van der Waals surface area contributed by atoms with Gasteiger partial charge < -0.3 is 19.3 Å². The summed E-state index contributed by atoms with van der Waals surface area (Å²) < 4.78 is 20.7. The molecule has 1 unspecified atom stereocenters. The molecule has 0 bridgehead atoms. The second kappa shape index (κ2) is 14.4. The summed E-state index contributed by atoms with van der Waals surface area (Å²) in [6, 6.07) is 61.5. The Morgan fingerprint density at radius 2 is 1.03 bits per heavy atom. The summed E-state index contributed by atoms with van der Waals surface area (Å²) in [4.78, 5) is 0. The number of rotatable bonds is 6. The van der Waals surface area contributed by atoms with Gasteiger partial charge in [-0.1, -0.05) is 182 Å². The maximum absolute atomic E-state index is 13.9. The molecule has 59 heavy (non-hydrogen) atoms. The quantitative estimate of drug-likeness (QED) is 0.167. The monoisotopic (exact) mass is 804 g/mol. The van der Waals surface area contributed by atoms with Crippen molar-refractivity contribution in [3.8, 4) is 11.5 Å². The molecule has 0 saturated carbocycles. The van der Waals surface area contributed by atoms with Gasteiger partial charge in [-0.3, -0.25) is 4.52 Å². The maximum atomic E-state index is 13.9. The first-order valence-electron chi connectivity index (χ1n) is 19.8. The van der Waals surface area contributed by atoms with Crippen LogP contribution in [0.2, 0.25) is 0 Å². The second-order valence-corrected chi connectivity index (χ2v) is 18.6. The van der Waals surface area contributed by atoms with Crippen LogP contribution in [-0.2, 0) is 4.52 Å². The fourth-order valence-corrected chi connectivity index (χ4v) is 13.1. The van der Waals surface area contributed by atoms with Gasteiger partial charge in [0, 0.05) is 35.1 Å². The van der Waals surface area contributed by atoms with Crippen molar-refractivity contribution < 1.29 is 23.8 Å². The van der Waals surface area contributed by atoms with Crippen molar-refractivity contribution >= 4 is 72.0 Å². The van der Waals surface area contributed by atoms with Crippen LogP contribution in [0.15, 0.2) is 182 Å². The molecule has 286 valence electrons. The molecule has 1 aliphatic heterocycles. The molecule has 0 fully saturated rings. The molecule has 8 aromatic rings. The first-order valence-corrected chi connectivity index (χ1v) is 22.3. The number of fused-ring (bicyclic) bond motifs is 8. The molecule has 3 atom stereocenters. The third kappa shape index (κ3) is 6.04. The van der Waals surface area contributed by atoms with Crippen molar-refractivity contribution in [3.63, 3.8) is 0 Å². The predicted molar refractivity (Wildman–Crippen MR) is 241 cm³/mol. The highest BCUT2D eigenvalue weighted by molar-refractivity contribution is 7.74. The van der Waals surface area contributed by atoms with Crippen molar-refractivity contribution in [1.29, 1.82) is 0 Å². The lowest BCUT2D eigenvalue weighted by Crippen LogP contribution is -2.45. The molecule has 0 amide bonds. The zero-order chi connectivity index (χ0) is 39.6. The molecule has 5 nitrogen and oxygen atoms in total. The summed E-state index contributed by atoms with van der Waals surface area (Å²) in [7, 11) is -3.68. The van der Waals surface area contributed by atoms with E-state index in [0.29, 0.717) is 23.5 Å². The Labute approximate surface area is 343 Å². The van der Waals surface area contributed by atoms with Gasteiger partial charge in [-0.2, -0.15) is 0 Å². The Balaban J connectivity index is 1.15. The van der Waals surface area contributed by atoms with Crippen LogP contribution in [0.4, 0.5) is 0 Å². The van der Waals surface area contributed by atoms with E-state index >= 15 is 0 Å². The fourth-order valence-electron chi connectivity index (χ4n) is 9.13. The highest BCUT2D eigenvalue weighted by Crippen LogP contribution is 2.59. The number of aliphatic hydroxyl groups is 2. The Morgan fingerprint density at radius 3 is 1.69 bits per heavy atom. The molecule has 8 aromatic carbocycles. The van der Waals surface area contributed by atoms with Crippen LogP contribution in [0, 0.1) is 0 Å². The first kappa shape index (κ1) is 36.2. The molecule has 0 spiro atoms. The van der Waals surface area contributed by atoms with E-state index in [9.17, 15) is 10.2 Å². The predicted octanol–water partition coefficient (Wildman–Crippen LogP) is 7.98. The van der Waals surface area contributed by atoms with Gasteiger partial charge in [0.15, 0.2) is 0 Å². The molecule has 11 rings (SSSR count). The molecular weight excluding hydrogens is 767 g/mol. The Kier molecular flexibility index (Phi) is 8.85. The van der Waals surface area contributed by atoms with Gasteiger partial charge in [0.1, 0.15) is 16.8 Å². The molecule has 0 aromatic heterocycles. The minimum atomic E-state index is -2.28. The van der Waals surface area contributed by atoms with Crippen LogP contribution in [-0.4, -0.2) is 21.3 Å². The van der Waals surface area contributed by atoms with Gasteiger partial charge in [-0.15, -0.1) is 0 Å². The lowest BCUT2D eigenvalue weighted by molar-refractivity contribution is -0.0817. The van der Waals surface area contributed by atoms with Crippen LogP contribution in [0.25, 0.3) is 44.8 Å². The topological polar surface area (TPSA) is 68.2 Å². The zero-order valence-electron chi connectivity index (χ0n) is 31.9. The lowest BCUT2D eigenvalue weighted by Gasteiger charge is -2.41. The maximum Gasteiger partial charge on any atom is 0.466 e. The van der Waals surface area contributed by atoms with Gasteiger partial charge in [0.2, 0.25) is 5.79 Å². The van der Waals surface area contributed by atoms with Gasteiger partial charge in [-0.25, -0.2) is 0 Å². The van der Waals surface area contributed by atoms with Crippen LogP contribution in [0.3, 0.4) is 0 Å². The van der Waals surface area contributed by atoms with Crippen molar-refractivity contribution in [3.05, 3.63) is 214 Å². The molecular formula is C52H38O5P2. The molecule has 0 radical (unpaired) electrons. The summed E-state index contributed by atoms with van der Waals surface area (Å²) >= 11 is 0. The van der Waals surface area contributed by atoms with E-state index in [1.807, 2.05) is 121 Å². The second-order valence-electron chi connectivity index (χ2n) is 15.2. The van der Waals surface area contributed by atoms with Gasteiger partial charge >= 0.3 is 8.60 Å². The molecule has 7 heteroatoms. The minimum Gasteiger partial charge on any atom is -0.417 e. The summed E-state index contributed by atoms with van der Waals surface area (Å²) in [6.45, 7) is 0. The first-order chi connectivity index (χ1) is 29.0. The van der Waals surface area contributed by atoms with Crippen molar-refractivity contribution in [2.75, 3.05) is 0 Å². The van der Waals surface area contributed by atoms with Crippen molar-refractivity contribution in [2.24, 2.45) is 0 Å². The van der Waals surface area contributed by atoms with Crippen LogP contribution >= 0.6 is 16.5 Å². The van der Waals surface area contributed by atoms with E-state index in [2.05, 4.69) is 72.8 Å². The van der Waals surface area contributed by atoms with Crippen LogP contribution in [0.5, 0.6) is 11.5 Å². The number of benzene rings is 8. The van der Waals surface area contributed by atoms with Gasteiger partial charge in [0.05, 0.1) is 0 Å². The number of hydrogen-bond acceptors (Lipinski definition) is 5. The lowest BCUT2D eigenvalue weighted by atomic mass is 9.85. The van der Waals surface area contributed by atoms with Crippen LogP contribution < -0.4 is 40.5 Å². The SMILES string of the molecule is O[C@]12CC=c3ccccc3=C1c1c(ccc3ccccc13)OP(Oc1ccc3ccccc3c1C1=c3ccccc3=CC[C@@]1(O)P(c1ccccc1)c1ccccc1)O2. The average Bonchev–Trinajstić information content (AvgIpc) is 3.41. The van der Waals surface area contributed by atoms with Crippen molar-refractivity contribution in [1.82, 2.24) is 0 Å².